The van der Waals surface area contributed by atoms with Crippen LogP contribution in [0.15, 0.2) is 102 Å². The summed E-state index contributed by atoms with van der Waals surface area (Å²) in [4.78, 5) is 31.4. The van der Waals surface area contributed by atoms with Gasteiger partial charge in [-0.2, -0.15) is 0 Å². The number of benzene rings is 4. The van der Waals surface area contributed by atoms with Gasteiger partial charge in [-0.25, -0.2) is 4.98 Å². The normalized spacial score (nSPS) is 19.7. The van der Waals surface area contributed by atoms with Gasteiger partial charge in [0.2, 0.25) is 5.91 Å². The van der Waals surface area contributed by atoms with Crippen LogP contribution < -0.4 is 15.4 Å². The van der Waals surface area contributed by atoms with Crippen LogP contribution >= 0.6 is 11.3 Å². The maximum Gasteiger partial charge on any atom is 0.251 e. The van der Waals surface area contributed by atoms with Crippen molar-refractivity contribution in [2.24, 2.45) is 5.41 Å². The third-order valence-corrected chi connectivity index (χ3v) is 9.66. The Kier molecular flexibility index (Phi) is 6.82. The molecule has 0 aliphatic heterocycles. The van der Waals surface area contributed by atoms with Crippen LogP contribution in [0.3, 0.4) is 0 Å². The fraction of sp³-hybridized carbons (Fsp3) is 0.194. The minimum Gasteiger partial charge on any atom is -0.497 e. The Balaban J connectivity index is 1.05. The van der Waals surface area contributed by atoms with Crippen LogP contribution in [0.2, 0.25) is 0 Å². The van der Waals surface area contributed by atoms with E-state index in [-0.39, 0.29) is 23.7 Å². The van der Waals surface area contributed by atoms with E-state index >= 15 is 0 Å². The number of ether oxygens (including phenoxy) is 1. The Labute approximate surface area is 254 Å². The molecular formula is C36H31N3O3S. The molecule has 0 radical (unpaired) electrons. The SMILES string of the molecule is COc1cccc(CNC(=O)c2ccc(-c3csc(NC(=O)C4(C)CC5c6ccccc6C4c4ccccc45)n3)cc2)c1. The van der Waals surface area contributed by atoms with E-state index in [2.05, 4.69) is 66.1 Å². The molecule has 1 unspecified atom stereocenters. The van der Waals surface area contributed by atoms with Gasteiger partial charge in [-0.15, -0.1) is 11.3 Å². The molecule has 0 spiro atoms. The standard InChI is InChI=1S/C36H31N3O3S/c1-36(19-30-26-10-3-5-12-28(26)32(36)29-13-6-4-11-27(29)30)34(41)39-35-38-31(21-43-35)23-14-16-24(17-15-23)33(40)37-20-22-8-7-9-25(18-22)42-2/h3-18,21,30,32H,19-20H2,1-2H3,(H,37,40)(H,38,39,41). The average Bonchev–Trinajstić information content (AvgIpc) is 3.52. The fourth-order valence-corrected chi connectivity index (χ4v) is 7.47. The molecule has 43 heavy (non-hydrogen) atoms. The summed E-state index contributed by atoms with van der Waals surface area (Å²) in [7, 11) is 1.62. The lowest BCUT2D eigenvalue weighted by Crippen LogP contribution is -2.47. The molecule has 7 heteroatoms. The van der Waals surface area contributed by atoms with Gasteiger partial charge in [0.15, 0.2) is 5.13 Å². The third-order valence-electron chi connectivity index (χ3n) is 8.90. The number of hydrogen-bond donors (Lipinski definition) is 2. The number of nitrogens with one attached hydrogen (secondary N) is 2. The van der Waals surface area contributed by atoms with Gasteiger partial charge in [0.05, 0.1) is 18.2 Å². The highest BCUT2D eigenvalue weighted by Gasteiger charge is 2.54. The Morgan fingerprint density at radius 3 is 2.26 bits per heavy atom. The summed E-state index contributed by atoms with van der Waals surface area (Å²) in [5, 5.41) is 8.62. The average molecular weight is 586 g/mol. The van der Waals surface area contributed by atoms with Crippen molar-refractivity contribution in [3.05, 3.63) is 136 Å². The first-order chi connectivity index (χ1) is 20.9. The second kappa shape index (κ2) is 10.8. The molecule has 214 valence electrons. The number of carbonyl (C=O) groups is 2. The summed E-state index contributed by atoms with van der Waals surface area (Å²) in [5.74, 6) is 0.790. The van der Waals surface area contributed by atoms with E-state index in [1.807, 2.05) is 41.8 Å². The van der Waals surface area contributed by atoms with E-state index in [0.717, 1.165) is 29.0 Å². The zero-order chi connectivity index (χ0) is 29.6. The molecule has 6 nitrogen and oxygen atoms in total. The molecule has 4 aromatic carbocycles. The van der Waals surface area contributed by atoms with Gasteiger partial charge in [-0.1, -0.05) is 72.8 Å². The van der Waals surface area contributed by atoms with Crippen molar-refractivity contribution in [2.45, 2.75) is 31.7 Å². The van der Waals surface area contributed by atoms with E-state index in [1.165, 1.54) is 33.6 Å². The van der Waals surface area contributed by atoms with Gasteiger partial charge in [-0.3, -0.25) is 9.59 Å². The molecule has 5 aromatic rings. The van der Waals surface area contributed by atoms with Crippen molar-refractivity contribution >= 4 is 28.3 Å². The van der Waals surface area contributed by atoms with Crippen molar-refractivity contribution in [2.75, 3.05) is 12.4 Å². The predicted octanol–water partition coefficient (Wildman–Crippen LogP) is 7.37. The second-order valence-corrected chi connectivity index (χ2v) is 12.3. The Morgan fingerprint density at radius 2 is 1.58 bits per heavy atom. The molecule has 0 fully saturated rings. The van der Waals surface area contributed by atoms with Crippen LogP contribution in [-0.4, -0.2) is 23.9 Å². The van der Waals surface area contributed by atoms with Crippen LogP contribution in [0.4, 0.5) is 5.13 Å². The Morgan fingerprint density at radius 1 is 0.907 bits per heavy atom. The first kappa shape index (κ1) is 27.1. The maximum absolute atomic E-state index is 14.0. The first-order valence-electron chi connectivity index (χ1n) is 14.4. The summed E-state index contributed by atoms with van der Waals surface area (Å²) < 4.78 is 5.26. The van der Waals surface area contributed by atoms with Gasteiger partial charge >= 0.3 is 0 Å². The van der Waals surface area contributed by atoms with E-state index in [9.17, 15) is 9.59 Å². The summed E-state index contributed by atoms with van der Waals surface area (Å²) in [6.45, 7) is 2.50. The largest absolute Gasteiger partial charge is 0.497 e. The number of methoxy groups -OCH3 is 1. The highest BCUT2D eigenvalue weighted by molar-refractivity contribution is 7.14. The minimum atomic E-state index is -0.598. The first-order valence-corrected chi connectivity index (χ1v) is 15.3. The van der Waals surface area contributed by atoms with Crippen LogP contribution in [0.25, 0.3) is 11.3 Å². The summed E-state index contributed by atoms with van der Waals surface area (Å²) in [5.41, 5.74) is 7.75. The lowest BCUT2D eigenvalue weighted by Gasteiger charge is -2.50. The lowest BCUT2D eigenvalue weighted by atomic mass is 9.52. The number of thiazole rings is 1. The molecule has 2 amide bonds. The molecule has 1 atom stereocenters. The van der Waals surface area contributed by atoms with Gasteiger partial charge < -0.3 is 15.4 Å². The molecular weight excluding hydrogens is 554 g/mol. The smallest absolute Gasteiger partial charge is 0.251 e. The number of anilines is 1. The number of carbonyl (C=O) groups excluding carboxylic acids is 2. The van der Waals surface area contributed by atoms with Crippen molar-refractivity contribution in [3.8, 4) is 17.0 Å². The van der Waals surface area contributed by atoms with Crippen LogP contribution in [-0.2, 0) is 11.3 Å². The van der Waals surface area contributed by atoms with Gasteiger partial charge in [0, 0.05) is 34.9 Å². The number of rotatable bonds is 7. The maximum atomic E-state index is 14.0. The lowest BCUT2D eigenvalue weighted by molar-refractivity contribution is -0.126. The van der Waals surface area contributed by atoms with E-state index in [4.69, 9.17) is 9.72 Å². The Hall–Kier alpha value is -4.75. The monoisotopic (exact) mass is 585 g/mol. The highest BCUT2D eigenvalue weighted by Crippen LogP contribution is 2.61. The minimum absolute atomic E-state index is 0.00420. The van der Waals surface area contributed by atoms with E-state index in [0.29, 0.717) is 17.2 Å². The third kappa shape index (κ3) is 4.79. The van der Waals surface area contributed by atoms with Gasteiger partial charge in [-0.05, 0) is 65.4 Å². The zero-order valence-corrected chi connectivity index (χ0v) is 24.8. The van der Waals surface area contributed by atoms with Crippen molar-refractivity contribution in [1.29, 1.82) is 0 Å². The van der Waals surface area contributed by atoms with Crippen LogP contribution in [0.5, 0.6) is 5.75 Å². The number of fused-ring (bicyclic) bond motifs is 1. The molecule has 3 aliphatic rings. The number of nitrogens with zero attached hydrogens (tertiary/aromatic N) is 1. The van der Waals surface area contributed by atoms with Crippen molar-refractivity contribution in [1.82, 2.24) is 10.3 Å². The van der Waals surface area contributed by atoms with Crippen molar-refractivity contribution < 1.29 is 14.3 Å². The molecule has 3 aliphatic carbocycles. The molecule has 2 bridgehead atoms. The summed E-state index contributed by atoms with van der Waals surface area (Å²) in [6.07, 6.45) is 0.761. The van der Waals surface area contributed by atoms with Gasteiger partial charge in [0.25, 0.3) is 5.91 Å². The zero-order valence-electron chi connectivity index (χ0n) is 24.0. The molecule has 1 heterocycles. The van der Waals surface area contributed by atoms with Crippen LogP contribution in [0, 0.1) is 5.41 Å². The molecule has 0 saturated carbocycles. The van der Waals surface area contributed by atoms with Crippen molar-refractivity contribution in [3.63, 3.8) is 0 Å². The Bertz CT molecular complexity index is 1800. The summed E-state index contributed by atoms with van der Waals surface area (Å²) in [6, 6.07) is 32.1. The van der Waals surface area contributed by atoms with E-state index in [1.54, 1.807) is 19.2 Å². The highest BCUT2D eigenvalue weighted by atomic mass is 32.1. The summed E-state index contributed by atoms with van der Waals surface area (Å²) >= 11 is 1.41. The predicted molar refractivity (Wildman–Crippen MR) is 170 cm³/mol. The molecule has 1 aromatic heterocycles. The van der Waals surface area contributed by atoms with Gasteiger partial charge in [0.1, 0.15) is 5.75 Å². The van der Waals surface area contributed by atoms with E-state index < -0.39 is 5.41 Å². The van der Waals surface area contributed by atoms with Crippen LogP contribution in [0.1, 0.15) is 63.4 Å². The number of hydrogen-bond acceptors (Lipinski definition) is 5. The quantitative estimate of drug-likeness (QED) is 0.209. The number of amides is 2. The number of aromatic nitrogens is 1. The molecule has 0 saturated heterocycles. The fourth-order valence-electron chi connectivity index (χ4n) is 6.75. The topological polar surface area (TPSA) is 80.3 Å². The molecule has 8 rings (SSSR count). The molecule has 2 N–H and O–H groups in total. The second-order valence-electron chi connectivity index (χ2n) is 11.5.